The predicted octanol–water partition coefficient (Wildman–Crippen LogP) is 3.93. The lowest BCUT2D eigenvalue weighted by molar-refractivity contribution is 1.25. The van der Waals surface area contributed by atoms with Crippen molar-refractivity contribution < 1.29 is 0 Å². The summed E-state index contributed by atoms with van der Waals surface area (Å²) in [5, 5.41) is 9.03. The van der Waals surface area contributed by atoms with Crippen molar-refractivity contribution in [3.8, 4) is 17.3 Å². The molecule has 2 rings (SSSR count). The fraction of sp³-hybridized carbons (Fsp3) is 0.154. The van der Waals surface area contributed by atoms with E-state index < -0.39 is 0 Å². The number of H-pyrrole nitrogens is 1. The Morgan fingerprint density at radius 3 is 2.62 bits per heavy atom. The first kappa shape index (κ1) is 11.0. The highest BCUT2D eigenvalue weighted by atomic mass is 79.9. The van der Waals surface area contributed by atoms with Gasteiger partial charge >= 0.3 is 0 Å². The van der Waals surface area contributed by atoms with Gasteiger partial charge in [-0.15, -0.1) is 0 Å². The molecule has 3 heteroatoms. The van der Waals surface area contributed by atoms with Crippen molar-refractivity contribution in [2.75, 3.05) is 0 Å². The van der Waals surface area contributed by atoms with Crippen LogP contribution in [0, 0.1) is 25.2 Å². The molecule has 0 atom stereocenters. The molecule has 0 amide bonds. The van der Waals surface area contributed by atoms with Gasteiger partial charge < -0.3 is 4.98 Å². The number of aromatic nitrogens is 1. The summed E-state index contributed by atoms with van der Waals surface area (Å²) < 4.78 is 1.04. The Kier molecular flexibility index (Phi) is 2.84. The highest BCUT2D eigenvalue weighted by Gasteiger charge is 2.12. The Bertz CT molecular complexity index is 576. The molecule has 1 N–H and O–H groups in total. The van der Waals surface area contributed by atoms with Gasteiger partial charge in [0, 0.05) is 15.9 Å². The number of hydrogen-bond acceptors (Lipinski definition) is 1. The summed E-state index contributed by atoms with van der Waals surface area (Å²) in [6.07, 6.45) is 0. The van der Waals surface area contributed by atoms with Crippen molar-refractivity contribution in [1.29, 1.82) is 5.26 Å². The van der Waals surface area contributed by atoms with Crippen LogP contribution in [0.4, 0.5) is 0 Å². The number of nitrogens with one attached hydrogen (secondary N) is 1. The second-order valence-corrected chi connectivity index (χ2v) is 4.66. The number of halogens is 1. The average Bonchev–Trinajstić information content (AvgIpc) is 2.54. The molecule has 0 aliphatic rings. The topological polar surface area (TPSA) is 39.6 Å². The maximum Gasteiger partial charge on any atom is 0.101 e. The molecule has 0 fully saturated rings. The van der Waals surface area contributed by atoms with E-state index in [0.29, 0.717) is 0 Å². The summed E-state index contributed by atoms with van der Waals surface area (Å²) in [4.78, 5) is 3.26. The second kappa shape index (κ2) is 4.15. The molecule has 1 aromatic carbocycles. The van der Waals surface area contributed by atoms with Crippen LogP contribution < -0.4 is 0 Å². The van der Waals surface area contributed by atoms with Crippen LogP contribution in [0.25, 0.3) is 11.3 Å². The summed E-state index contributed by atoms with van der Waals surface area (Å²) in [5.74, 6) is 0. The van der Waals surface area contributed by atoms with Gasteiger partial charge in [-0.3, -0.25) is 0 Å². The largest absolute Gasteiger partial charge is 0.357 e. The van der Waals surface area contributed by atoms with E-state index in [-0.39, 0.29) is 0 Å². The van der Waals surface area contributed by atoms with E-state index in [0.717, 1.165) is 32.6 Å². The predicted molar refractivity (Wildman–Crippen MR) is 68.1 cm³/mol. The summed E-state index contributed by atoms with van der Waals surface area (Å²) in [5.41, 5.74) is 4.80. The number of nitrogens with zero attached hydrogens (tertiary/aromatic N) is 1. The van der Waals surface area contributed by atoms with E-state index in [1.54, 1.807) is 0 Å². The molecule has 1 heterocycles. The van der Waals surface area contributed by atoms with Gasteiger partial charge in [-0.1, -0.05) is 28.1 Å². The van der Waals surface area contributed by atoms with E-state index in [1.807, 2.05) is 38.1 Å². The zero-order chi connectivity index (χ0) is 11.7. The fourth-order valence-electron chi connectivity index (χ4n) is 1.85. The fourth-order valence-corrected chi connectivity index (χ4v) is 2.25. The number of nitriles is 1. The van der Waals surface area contributed by atoms with Crippen molar-refractivity contribution in [2.45, 2.75) is 13.8 Å². The SMILES string of the molecule is Cc1[nH]c(-c2cccc(Br)c2)c(C)c1C#N. The molecule has 80 valence electrons. The number of aromatic amines is 1. The van der Waals surface area contributed by atoms with Crippen LogP contribution >= 0.6 is 15.9 Å². The maximum absolute atomic E-state index is 9.03. The van der Waals surface area contributed by atoms with Crippen LogP contribution in [0.2, 0.25) is 0 Å². The summed E-state index contributed by atoms with van der Waals surface area (Å²) >= 11 is 3.45. The van der Waals surface area contributed by atoms with Crippen LogP contribution in [-0.4, -0.2) is 4.98 Å². The Hall–Kier alpha value is -1.53. The van der Waals surface area contributed by atoms with Crippen LogP contribution in [0.15, 0.2) is 28.7 Å². The summed E-state index contributed by atoms with van der Waals surface area (Å²) in [6, 6.07) is 10.3. The molecule has 0 saturated carbocycles. The van der Waals surface area contributed by atoms with Gasteiger partial charge in [0.05, 0.1) is 5.56 Å². The van der Waals surface area contributed by atoms with E-state index >= 15 is 0 Å². The quantitative estimate of drug-likeness (QED) is 0.841. The van der Waals surface area contributed by atoms with Crippen LogP contribution in [0.1, 0.15) is 16.8 Å². The molecule has 0 spiro atoms. The lowest BCUT2D eigenvalue weighted by Gasteiger charge is -2.01. The first-order valence-electron chi connectivity index (χ1n) is 4.98. The number of benzene rings is 1. The molecule has 2 aromatic rings. The third-order valence-electron chi connectivity index (χ3n) is 2.66. The minimum atomic E-state index is 0.745. The molecule has 0 aliphatic carbocycles. The van der Waals surface area contributed by atoms with Crippen LogP contribution in [0.3, 0.4) is 0 Å². The molecule has 2 nitrogen and oxygen atoms in total. The third-order valence-corrected chi connectivity index (χ3v) is 3.16. The Balaban J connectivity index is 2.62. The zero-order valence-electron chi connectivity index (χ0n) is 9.13. The minimum absolute atomic E-state index is 0.745. The molecule has 1 aromatic heterocycles. The normalized spacial score (nSPS) is 10.1. The van der Waals surface area contributed by atoms with E-state index in [1.165, 1.54) is 0 Å². The van der Waals surface area contributed by atoms with Gasteiger partial charge in [0.2, 0.25) is 0 Å². The van der Waals surface area contributed by atoms with Crippen LogP contribution in [0.5, 0.6) is 0 Å². The van der Waals surface area contributed by atoms with Gasteiger partial charge in [-0.2, -0.15) is 5.26 Å². The van der Waals surface area contributed by atoms with E-state index in [4.69, 9.17) is 5.26 Å². The number of aryl methyl sites for hydroxylation is 1. The van der Waals surface area contributed by atoms with Gasteiger partial charge in [-0.05, 0) is 37.1 Å². The summed E-state index contributed by atoms with van der Waals surface area (Å²) in [7, 11) is 0. The van der Waals surface area contributed by atoms with Crippen molar-refractivity contribution in [2.24, 2.45) is 0 Å². The third kappa shape index (κ3) is 1.77. The minimum Gasteiger partial charge on any atom is -0.357 e. The standard InChI is InChI=1S/C13H11BrN2/c1-8-12(7-15)9(2)16-13(8)10-4-3-5-11(14)6-10/h3-6,16H,1-2H3. The number of hydrogen-bond donors (Lipinski definition) is 1. The highest BCUT2D eigenvalue weighted by Crippen LogP contribution is 2.28. The van der Waals surface area contributed by atoms with Gasteiger partial charge in [-0.25, -0.2) is 0 Å². The molecule has 0 unspecified atom stereocenters. The smallest absolute Gasteiger partial charge is 0.101 e. The molecule has 0 radical (unpaired) electrons. The Morgan fingerprint density at radius 1 is 1.31 bits per heavy atom. The van der Waals surface area contributed by atoms with Gasteiger partial charge in [0.1, 0.15) is 6.07 Å². The molecular formula is C13H11BrN2. The van der Waals surface area contributed by atoms with Crippen molar-refractivity contribution >= 4 is 15.9 Å². The van der Waals surface area contributed by atoms with Crippen LogP contribution in [-0.2, 0) is 0 Å². The lowest BCUT2D eigenvalue weighted by Crippen LogP contribution is -1.81. The first-order chi connectivity index (χ1) is 7.63. The van der Waals surface area contributed by atoms with E-state index in [9.17, 15) is 0 Å². The highest BCUT2D eigenvalue weighted by molar-refractivity contribution is 9.10. The molecular weight excluding hydrogens is 264 g/mol. The number of rotatable bonds is 1. The van der Waals surface area contributed by atoms with Gasteiger partial charge in [0.25, 0.3) is 0 Å². The first-order valence-corrected chi connectivity index (χ1v) is 5.78. The summed E-state index contributed by atoms with van der Waals surface area (Å²) in [6.45, 7) is 3.89. The van der Waals surface area contributed by atoms with Crippen molar-refractivity contribution in [3.05, 3.63) is 45.6 Å². The van der Waals surface area contributed by atoms with Gasteiger partial charge in [0.15, 0.2) is 0 Å². The monoisotopic (exact) mass is 274 g/mol. The lowest BCUT2D eigenvalue weighted by atomic mass is 10.1. The Labute approximate surface area is 103 Å². The molecule has 0 saturated heterocycles. The van der Waals surface area contributed by atoms with E-state index in [2.05, 4.69) is 27.0 Å². The molecule has 16 heavy (non-hydrogen) atoms. The average molecular weight is 275 g/mol. The zero-order valence-corrected chi connectivity index (χ0v) is 10.7. The Morgan fingerprint density at radius 2 is 2.06 bits per heavy atom. The second-order valence-electron chi connectivity index (χ2n) is 3.75. The van der Waals surface area contributed by atoms with Crippen molar-refractivity contribution in [1.82, 2.24) is 4.98 Å². The molecule has 0 bridgehead atoms. The molecule has 0 aliphatic heterocycles. The van der Waals surface area contributed by atoms with Crippen molar-refractivity contribution in [3.63, 3.8) is 0 Å². The maximum atomic E-state index is 9.03.